The Balaban J connectivity index is 2.07. The second-order valence-corrected chi connectivity index (χ2v) is 7.85. The number of nitrogens with one attached hydrogen (secondary N) is 1. The fraction of sp³-hybridized carbons (Fsp3) is 0.391. The minimum absolute atomic E-state index is 0.268. The Bertz CT molecular complexity index is 973. The van der Waals surface area contributed by atoms with Crippen LogP contribution >= 0.6 is 0 Å². The van der Waals surface area contributed by atoms with Gasteiger partial charge in [-0.1, -0.05) is 24.3 Å². The number of rotatable bonds is 11. The van der Waals surface area contributed by atoms with E-state index < -0.39 is 6.23 Å². The molecule has 1 unspecified atom stereocenters. The molecule has 33 heavy (non-hydrogen) atoms. The summed E-state index contributed by atoms with van der Waals surface area (Å²) in [4.78, 5) is 19.7. The van der Waals surface area contributed by atoms with E-state index in [-0.39, 0.29) is 5.95 Å². The second kappa shape index (κ2) is 12.6. The van der Waals surface area contributed by atoms with Gasteiger partial charge in [-0.25, -0.2) is 9.97 Å². The van der Waals surface area contributed by atoms with Gasteiger partial charge in [0, 0.05) is 31.1 Å². The van der Waals surface area contributed by atoms with Gasteiger partial charge in [0.05, 0.1) is 25.9 Å². The van der Waals surface area contributed by atoms with Gasteiger partial charge in [0.15, 0.2) is 0 Å². The highest BCUT2D eigenvalue weighted by atomic mass is 16.6. The lowest BCUT2D eigenvalue weighted by atomic mass is 10.0. The highest BCUT2D eigenvalue weighted by molar-refractivity contribution is 5.83. The zero-order chi connectivity index (χ0) is 24.4. The molecule has 0 saturated heterocycles. The lowest BCUT2D eigenvalue weighted by Gasteiger charge is -2.23. The molecule has 4 N–H and O–H groups in total. The number of aromatic nitrogens is 2. The molecule has 0 aliphatic carbocycles. The van der Waals surface area contributed by atoms with Crippen molar-refractivity contribution in [1.29, 1.82) is 0 Å². The highest BCUT2D eigenvalue weighted by Crippen LogP contribution is 2.22. The Hall–Kier alpha value is -3.34. The van der Waals surface area contributed by atoms with E-state index in [9.17, 15) is 5.11 Å². The van der Waals surface area contributed by atoms with Gasteiger partial charge in [0.25, 0.3) is 0 Å². The summed E-state index contributed by atoms with van der Waals surface area (Å²) >= 11 is 0. The van der Waals surface area contributed by atoms with Crippen molar-refractivity contribution in [3.8, 4) is 11.1 Å². The summed E-state index contributed by atoms with van der Waals surface area (Å²) in [6.07, 6.45) is 3.47. The summed E-state index contributed by atoms with van der Waals surface area (Å²) in [5.74, 6) is 0.959. The molecule has 0 bridgehead atoms. The zero-order valence-electron chi connectivity index (χ0n) is 20.0. The van der Waals surface area contributed by atoms with Crippen molar-refractivity contribution in [3.05, 3.63) is 53.5 Å². The zero-order valence-corrected chi connectivity index (χ0v) is 20.0. The standard InChI is InChI=1S/C23H34N8O2/c1-16(14-31(25-3)15-22(32)30(4)5)12-26-21(29-33-6)11-18-7-9-19(10-8-18)20-13-27-23(24)28-17(20)2/h7-10,13-14,22,32H,3,11-12,15H2,1-2,4-6H3,(H,26,29)(H2,24,27,28). The molecule has 1 atom stereocenters. The lowest BCUT2D eigenvalue weighted by molar-refractivity contribution is 0.0197. The first-order chi connectivity index (χ1) is 15.7. The summed E-state index contributed by atoms with van der Waals surface area (Å²) in [6, 6.07) is 8.12. The minimum atomic E-state index is -0.652. The van der Waals surface area contributed by atoms with Gasteiger partial charge in [0.2, 0.25) is 5.95 Å². The van der Waals surface area contributed by atoms with Crippen molar-refractivity contribution < 1.29 is 9.94 Å². The number of anilines is 1. The molecule has 2 rings (SSSR count). The molecule has 0 fully saturated rings. The molecule has 1 heterocycles. The third-order valence-corrected chi connectivity index (χ3v) is 4.87. The number of hydrogen-bond donors (Lipinski definition) is 3. The van der Waals surface area contributed by atoms with Crippen LogP contribution in [0.3, 0.4) is 0 Å². The molecule has 0 radical (unpaired) electrons. The van der Waals surface area contributed by atoms with Gasteiger partial charge in [0.1, 0.15) is 12.1 Å². The SMILES string of the molecule is C=NN(C=C(C)CN=C(Cc1ccc(-c2cnc(N)nc2C)cc1)NOC)CC(O)N(C)C. The quantitative estimate of drug-likeness (QED) is 0.203. The number of nitrogens with two attached hydrogens (primary N) is 1. The molecule has 0 aliphatic rings. The Morgan fingerprint density at radius 1 is 1.33 bits per heavy atom. The summed E-state index contributed by atoms with van der Waals surface area (Å²) in [6.45, 7) is 8.17. The molecule has 2 aromatic rings. The maximum absolute atomic E-state index is 10.0. The van der Waals surface area contributed by atoms with Crippen LogP contribution in [0.2, 0.25) is 0 Å². The van der Waals surface area contributed by atoms with Crippen molar-refractivity contribution in [1.82, 2.24) is 25.4 Å². The predicted octanol–water partition coefficient (Wildman–Crippen LogP) is 1.83. The Labute approximate surface area is 195 Å². The summed E-state index contributed by atoms with van der Waals surface area (Å²) in [5, 5.41) is 15.6. The van der Waals surface area contributed by atoms with Gasteiger partial charge in [-0.3, -0.25) is 25.2 Å². The van der Waals surface area contributed by atoms with Crippen molar-refractivity contribution >= 4 is 18.5 Å². The highest BCUT2D eigenvalue weighted by Gasteiger charge is 2.10. The van der Waals surface area contributed by atoms with Gasteiger partial charge in [-0.05, 0) is 44.6 Å². The van der Waals surface area contributed by atoms with Crippen molar-refractivity contribution in [2.75, 3.05) is 40.0 Å². The van der Waals surface area contributed by atoms with Crippen molar-refractivity contribution in [3.63, 3.8) is 0 Å². The molecule has 1 aromatic carbocycles. The number of benzene rings is 1. The van der Waals surface area contributed by atoms with E-state index in [1.165, 1.54) is 0 Å². The molecule has 178 valence electrons. The average Bonchev–Trinajstić information content (AvgIpc) is 2.77. The second-order valence-electron chi connectivity index (χ2n) is 7.85. The number of aryl methyl sites for hydroxylation is 1. The van der Waals surface area contributed by atoms with Crippen LogP contribution in [0.15, 0.2) is 52.3 Å². The number of aliphatic imine (C=N–C) groups is 1. The topological polar surface area (TPSA) is 124 Å². The lowest BCUT2D eigenvalue weighted by Crippen LogP contribution is -2.36. The first-order valence-corrected chi connectivity index (χ1v) is 10.5. The number of amidine groups is 1. The Kier molecular flexibility index (Phi) is 9.92. The van der Waals surface area contributed by atoms with Crippen LogP contribution in [0.1, 0.15) is 18.2 Å². The maximum atomic E-state index is 10.0. The number of hydrazone groups is 1. The van der Waals surface area contributed by atoms with Crippen LogP contribution in [0, 0.1) is 6.92 Å². The summed E-state index contributed by atoms with van der Waals surface area (Å²) in [5.41, 5.74) is 13.3. The van der Waals surface area contributed by atoms with Crippen LogP contribution < -0.4 is 11.2 Å². The molecule has 10 nitrogen and oxygen atoms in total. The van der Waals surface area contributed by atoms with Crippen LogP contribution in [0.4, 0.5) is 5.95 Å². The van der Waals surface area contributed by atoms with Crippen LogP contribution in [0.5, 0.6) is 0 Å². The molecular weight excluding hydrogens is 420 g/mol. The first-order valence-electron chi connectivity index (χ1n) is 10.5. The average molecular weight is 455 g/mol. The van der Waals surface area contributed by atoms with E-state index >= 15 is 0 Å². The third-order valence-electron chi connectivity index (χ3n) is 4.87. The fourth-order valence-electron chi connectivity index (χ4n) is 3.00. The number of nitrogen functional groups attached to an aromatic ring is 1. The molecule has 0 amide bonds. The van der Waals surface area contributed by atoms with Gasteiger partial charge in [-0.2, -0.15) is 5.10 Å². The number of likely N-dealkylation sites (N-methyl/N-ethyl adjacent to an activating group) is 1. The van der Waals surface area contributed by atoms with E-state index in [0.717, 1.165) is 28.0 Å². The van der Waals surface area contributed by atoms with Gasteiger partial charge < -0.3 is 10.8 Å². The first kappa shape index (κ1) is 25.9. The van der Waals surface area contributed by atoms with Crippen molar-refractivity contribution in [2.24, 2.45) is 10.1 Å². The van der Waals surface area contributed by atoms with Crippen LogP contribution in [0.25, 0.3) is 11.1 Å². The van der Waals surface area contributed by atoms with Crippen molar-refractivity contribution in [2.45, 2.75) is 26.5 Å². The largest absolute Gasteiger partial charge is 0.376 e. The van der Waals surface area contributed by atoms with E-state index in [1.54, 1.807) is 37.3 Å². The Morgan fingerprint density at radius 2 is 2.03 bits per heavy atom. The normalized spacial score (nSPS) is 13.2. The number of nitrogens with zero attached hydrogens (tertiary/aromatic N) is 6. The van der Waals surface area contributed by atoms with E-state index in [0.29, 0.717) is 25.3 Å². The maximum Gasteiger partial charge on any atom is 0.220 e. The van der Waals surface area contributed by atoms with E-state index in [1.807, 2.05) is 44.3 Å². The monoisotopic (exact) mass is 454 g/mol. The molecule has 0 saturated carbocycles. The Morgan fingerprint density at radius 3 is 2.61 bits per heavy atom. The molecule has 0 aliphatic heterocycles. The van der Waals surface area contributed by atoms with Crippen LogP contribution in [-0.4, -0.2) is 78.1 Å². The number of hydrogen-bond acceptors (Lipinski definition) is 9. The van der Waals surface area contributed by atoms with Crippen LogP contribution in [-0.2, 0) is 11.3 Å². The predicted molar refractivity (Wildman–Crippen MR) is 132 cm³/mol. The molecular formula is C23H34N8O2. The van der Waals surface area contributed by atoms with Gasteiger partial charge >= 0.3 is 0 Å². The molecule has 1 aromatic heterocycles. The number of aliphatic hydroxyl groups is 1. The molecule has 0 spiro atoms. The van der Waals surface area contributed by atoms with E-state index in [2.05, 4.69) is 32.3 Å². The smallest absolute Gasteiger partial charge is 0.220 e. The van der Waals surface area contributed by atoms with E-state index in [4.69, 9.17) is 10.6 Å². The number of aliphatic hydroxyl groups excluding tert-OH is 1. The summed E-state index contributed by atoms with van der Waals surface area (Å²) in [7, 11) is 5.15. The minimum Gasteiger partial charge on any atom is -0.376 e. The van der Waals surface area contributed by atoms with Gasteiger partial charge in [-0.15, -0.1) is 0 Å². The molecule has 10 heteroatoms. The summed E-state index contributed by atoms with van der Waals surface area (Å²) < 4.78 is 0. The fourth-order valence-corrected chi connectivity index (χ4v) is 3.00. The number of hydroxylamine groups is 1. The third kappa shape index (κ3) is 8.26.